The van der Waals surface area contributed by atoms with Crippen molar-refractivity contribution >= 4 is 35.4 Å². The number of aromatic nitrogens is 2. The molecule has 156 valence electrons. The highest BCUT2D eigenvalue weighted by molar-refractivity contribution is 7.98. The molecule has 2 amide bonds. The quantitative estimate of drug-likeness (QED) is 0.674. The van der Waals surface area contributed by atoms with Gasteiger partial charge in [0.25, 0.3) is 0 Å². The van der Waals surface area contributed by atoms with E-state index in [1.807, 2.05) is 6.26 Å². The molecule has 7 nitrogen and oxygen atoms in total. The molecule has 0 spiro atoms. The van der Waals surface area contributed by atoms with Gasteiger partial charge in [0.05, 0.1) is 19.1 Å². The van der Waals surface area contributed by atoms with Gasteiger partial charge in [0.15, 0.2) is 0 Å². The number of nitrogens with zero attached hydrogens (tertiary/aromatic N) is 2. The maximum absolute atomic E-state index is 14.7. The van der Waals surface area contributed by atoms with Crippen molar-refractivity contribution in [2.45, 2.75) is 24.9 Å². The van der Waals surface area contributed by atoms with Gasteiger partial charge in [-0.3, -0.25) is 0 Å². The van der Waals surface area contributed by atoms with Crippen LogP contribution in [0.3, 0.4) is 0 Å². The average molecular weight is 441 g/mol. The smallest absolute Gasteiger partial charge is 0.328 e. The number of fused-ring (bicyclic) bond motifs is 1. The predicted molar refractivity (Wildman–Crippen MR) is 110 cm³/mol. The molecule has 2 aromatic rings. The highest BCUT2D eigenvalue weighted by Gasteiger charge is 2.37. The molecule has 0 saturated carbocycles. The van der Waals surface area contributed by atoms with Gasteiger partial charge in [-0.15, -0.1) is 0 Å². The predicted octanol–water partition coefficient (Wildman–Crippen LogP) is 3.15. The fourth-order valence-electron chi connectivity index (χ4n) is 3.39. The lowest BCUT2D eigenvalue weighted by molar-refractivity contribution is -0.142. The van der Waals surface area contributed by atoms with Gasteiger partial charge in [-0.2, -0.15) is 11.8 Å². The number of hydrogen-bond acceptors (Lipinski definition) is 5. The molecule has 0 saturated heterocycles. The van der Waals surface area contributed by atoms with E-state index in [9.17, 15) is 14.0 Å². The zero-order valence-electron chi connectivity index (χ0n) is 16.1. The molecule has 0 aliphatic carbocycles. The minimum Gasteiger partial charge on any atom is -0.467 e. The molecule has 2 N–H and O–H groups in total. The van der Waals surface area contributed by atoms with Crippen LogP contribution < -0.4 is 5.32 Å². The lowest BCUT2D eigenvalue weighted by Gasteiger charge is -2.36. The molecule has 3 rings (SSSR count). The molecule has 1 aliphatic heterocycles. The van der Waals surface area contributed by atoms with E-state index in [4.69, 9.17) is 16.3 Å². The number of hydrogen-bond donors (Lipinski definition) is 2. The number of carbonyl (C=O) groups is 2. The van der Waals surface area contributed by atoms with E-state index in [1.165, 1.54) is 24.4 Å². The van der Waals surface area contributed by atoms with E-state index in [0.717, 1.165) is 5.69 Å². The number of thioether (sulfide) groups is 1. The van der Waals surface area contributed by atoms with E-state index in [1.54, 1.807) is 23.9 Å². The average Bonchev–Trinajstić information content (AvgIpc) is 3.19. The van der Waals surface area contributed by atoms with E-state index >= 15 is 0 Å². The molecule has 2 atom stereocenters. The Labute approximate surface area is 177 Å². The molecule has 2 heterocycles. The molecule has 0 unspecified atom stereocenters. The second-order valence-electron chi connectivity index (χ2n) is 6.58. The third-order valence-electron chi connectivity index (χ3n) is 4.84. The lowest BCUT2D eigenvalue weighted by Crippen LogP contribution is -2.51. The second kappa shape index (κ2) is 9.49. The number of methoxy groups -OCH3 is 1. The summed E-state index contributed by atoms with van der Waals surface area (Å²) in [7, 11) is 1.28. The van der Waals surface area contributed by atoms with E-state index in [-0.39, 0.29) is 10.6 Å². The van der Waals surface area contributed by atoms with Crippen molar-refractivity contribution in [3.05, 3.63) is 52.3 Å². The van der Waals surface area contributed by atoms with Gasteiger partial charge in [0, 0.05) is 29.2 Å². The van der Waals surface area contributed by atoms with Crippen LogP contribution in [0, 0.1) is 5.82 Å². The molecule has 0 radical (unpaired) electrons. The number of benzene rings is 1. The lowest BCUT2D eigenvalue weighted by atomic mass is 9.95. The molecule has 0 bridgehead atoms. The largest absolute Gasteiger partial charge is 0.467 e. The van der Waals surface area contributed by atoms with Crippen LogP contribution in [0.5, 0.6) is 0 Å². The molecule has 0 fully saturated rings. The Bertz CT molecular complexity index is 894. The van der Waals surface area contributed by atoms with E-state index in [0.29, 0.717) is 30.8 Å². The Morgan fingerprint density at radius 1 is 1.52 bits per heavy atom. The Balaban J connectivity index is 1.91. The summed E-state index contributed by atoms with van der Waals surface area (Å²) in [6, 6.07) is 2.35. The van der Waals surface area contributed by atoms with Gasteiger partial charge >= 0.3 is 12.0 Å². The molecule has 1 aliphatic rings. The molecule has 10 heteroatoms. The molecular weight excluding hydrogens is 419 g/mol. The van der Waals surface area contributed by atoms with Crippen molar-refractivity contribution in [2.24, 2.45) is 0 Å². The number of ether oxygens (including phenoxy) is 1. The Kier molecular flexibility index (Phi) is 7.02. The van der Waals surface area contributed by atoms with Gasteiger partial charge in [-0.05, 0) is 30.6 Å². The fraction of sp³-hybridized carbons (Fsp3) is 0.421. The summed E-state index contributed by atoms with van der Waals surface area (Å²) >= 11 is 7.46. The molecule has 1 aromatic carbocycles. The summed E-state index contributed by atoms with van der Waals surface area (Å²) in [6.07, 6.45) is 4.42. The summed E-state index contributed by atoms with van der Waals surface area (Å²) in [6.45, 7) is 0.337. The number of esters is 1. The van der Waals surface area contributed by atoms with Crippen LogP contribution in [0.2, 0.25) is 5.02 Å². The first-order chi connectivity index (χ1) is 14.0. The zero-order valence-corrected chi connectivity index (χ0v) is 17.6. The normalized spacial score (nSPS) is 16.8. The van der Waals surface area contributed by atoms with Gasteiger partial charge in [-0.25, -0.2) is 19.0 Å². The second-order valence-corrected chi connectivity index (χ2v) is 8.01. The Morgan fingerprint density at radius 3 is 3.00 bits per heavy atom. The molecule has 1 aromatic heterocycles. The van der Waals surface area contributed by atoms with Crippen LogP contribution in [-0.4, -0.2) is 58.6 Å². The summed E-state index contributed by atoms with van der Waals surface area (Å²) in [5, 5.41) is 3.01. The SMILES string of the molecule is COC(=O)[C@@H](CCSC)NC(=O)N1CCc2[nH]cnc2[C@@H]1c1ccc(Cl)cc1F. The molecular formula is C19H22ClFN4O3S. The zero-order chi connectivity index (χ0) is 21.0. The number of halogens is 2. The van der Waals surface area contributed by atoms with Gasteiger partial charge < -0.3 is 19.9 Å². The van der Waals surface area contributed by atoms with Crippen LogP contribution in [0.1, 0.15) is 29.4 Å². The third kappa shape index (κ3) is 4.67. The topological polar surface area (TPSA) is 87.3 Å². The number of urea groups is 1. The summed E-state index contributed by atoms with van der Waals surface area (Å²) in [5.41, 5.74) is 1.71. The highest BCUT2D eigenvalue weighted by Crippen LogP contribution is 2.35. The first-order valence-electron chi connectivity index (χ1n) is 9.07. The van der Waals surface area contributed by atoms with Crippen molar-refractivity contribution in [3.8, 4) is 0 Å². The van der Waals surface area contributed by atoms with Crippen LogP contribution in [-0.2, 0) is 16.0 Å². The summed E-state index contributed by atoms with van der Waals surface area (Å²) < 4.78 is 19.5. The van der Waals surface area contributed by atoms with Gasteiger partial charge in [-0.1, -0.05) is 17.7 Å². The van der Waals surface area contributed by atoms with Crippen molar-refractivity contribution in [3.63, 3.8) is 0 Å². The van der Waals surface area contributed by atoms with Gasteiger partial charge in [0.2, 0.25) is 0 Å². The summed E-state index contributed by atoms with van der Waals surface area (Å²) in [4.78, 5) is 34.0. The third-order valence-corrected chi connectivity index (χ3v) is 5.72. The first-order valence-corrected chi connectivity index (χ1v) is 10.8. The number of aromatic amines is 1. The minimum atomic E-state index is -0.781. The van der Waals surface area contributed by atoms with Crippen molar-refractivity contribution < 1.29 is 18.7 Å². The number of nitrogens with one attached hydrogen (secondary N) is 2. The Hall–Kier alpha value is -2.26. The number of amides is 2. The maximum atomic E-state index is 14.7. The number of H-pyrrole nitrogens is 1. The van der Waals surface area contributed by atoms with Crippen molar-refractivity contribution in [1.29, 1.82) is 0 Å². The maximum Gasteiger partial charge on any atom is 0.328 e. The first kappa shape index (κ1) is 21.4. The minimum absolute atomic E-state index is 0.267. The van der Waals surface area contributed by atoms with Crippen LogP contribution in [0.4, 0.5) is 9.18 Å². The van der Waals surface area contributed by atoms with E-state index in [2.05, 4.69) is 15.3 Å². The number of rotatable bonds is 6. The van der Waals surface area contributed by atoms with E-state index < -0.39 is 29.9 Å². The monoisotopic (exact) mass is 440 g/mol. The highest BCUT2D eigenvalue weighted by atomic mass is 35.5. The standard InChI is InChI=1S/C19H22ClFN4O3S/c1-28-18(26)15(6-8-29-2)24-19(27)25-7-5-14-16(23-10-22-14)17(25)12-4-3-11(20)9-13(12)21/h3-4,9-10,15,17H,5-8H2,1-2H3,(H,22,23)(H,24,27)/t15-,17+/m1/s1. The molecule has 29 heavy (non-hydrogen) atoms. The van der Waals surface area contributed by atoms with Crippen molar-refractivity contribution in [1.82, 2.24) is 20.2 Å². The number of carbonyl (C=O) groups excluding carboxylic acids is 2. The van der Waals surface area contributed by atoms with Crippen LogP contribution in [0.15, 0.2) is 24.5 Å². The number of imidazole rings is 1. The van der Waals surface area contributed by atoms with Crippen LogP contribution >= 0.6 is 23.4 Å². The van der Waals surface area contributed by atoms with Gasteiger partial charge in [0.1, 0.15) is 17.9 Å². The summed E-state index contributed by atoms with van der Waals surface area (Å²) in [5.74, 6) is -0.360. The van der Waals surface area contributed by atoms with Crippen molar-refractivity contribution in [2.75, 3.05) is 25.7 Å². The Morgan fingerprint density at radius 2 is 2.31 bits per heavy atom. The van der Waals surface area contributed by atoms with Crippen LogP contribution in [0.25, 0.3) is 0 Å². The fourth-order valence-corrected chi connectivity index (χ4v) is 4.02.